The number of aromatic nitrogens is 2. The molecule has 162 valence electrons. The molecule has 1 fully saturated rings. The Kier molecular flexibility index (Phi) is 6.44. The third-order valence-electron chi connectivity index (χ3n) is 5.41. The standard InChI is InChI=1S/C23H24ClN3O4/c1-29-18-7-6-15(13-19(18)30-2)21-22(20(26-27-21)14-8-10-31-11-9-14)25-23(28)16-4-3-5-17(24)12-16/h3-7,12-14H,8-11H2,1-2H3,(H,25,28)(H,26,27). The number of carbonyl (C=O) groups is 1. The van der Waals surface area contributed by atoms with Crippen molar-refractivity contribution in [1.29, 1.82) is 0 Å². The Morgan fingerprint density at radius 2 is 1.90 bits per heavy atom. The molecule has 7 nitrogen and oxygen atoms in total. The van der Waals surface area contributed by atoms with Crippen LogP contribution in [0.5, 0.6) is 11.5 Å². The van der Waals surface area contributed by atoms with Gasteiger partial charge in [0.15, 0.2) is 11.5 Å². The molecule has 8 heteroatoms. The van der Waals surface area contributed by atoms with Crippen LogP contribution >= 0.6 is 11.6 Å². The molecular weight excluding hydrogens is 418 g/mol. The zero-order valence-corrected chi connectivity index (χ0v) is 18.2. The lowest BCUT2D eigenvalue weighted by molar-refractivity contribution is 0.0846. The number of amides is 1. The van der Waals surface area contributed by atoms with E-state index >= 15 is 0 Å². The third kappa shape index (κ3) is 4.52. The largest absolute Gasteiger partial charge is 0.493 e. The van der Waals surface area contributed by atoms with Gasteiger partial charge in [-0.25, -0.2) is 0 Å². The van der Waals surface area contributed by atoms with Crippen LogP contribution in [-0.4, -0.2) is 43.5 Å². The van der Waals surface area contributed by atoms with Crippen molar-refractivity contribution in [2.75, 3.05) is 32.8 Å². The van der Waals surface area contributed by atoms with E-state index in [1.807, 2.05) is 18.2 Å². The van der Waals surface area contributed by atoms with Crippen LogP contribution in [0.2, 0.25) is 5.02 Å². The highest BCUT2D eigenvalue weighted by molar-refractivity contribution is 6.31. The van der Waals surface area contributed by atoms with E-state index in [-0.39, 0.29) is 11.8 Å². The minimum absolute atomic E-state index is 0.213. The minimum Gasteiger partial charge on any atom is -0.493 e. The molecule has 0 aliphatic carbocycles. The van der Waals surface area contributed by atoms with Crippen LogP contribution in [0.3, 0.4) is 0 Å². The molecule has 1 aliphatic heterocycles. The maximum absolute atomic E-state index is 13.0. The molecule has 1 aliphatic rings. The van der Waals surface area contributed by atoms with Crippen LogP contribution in [0.15, 0.2) is 42.5 Å². The summed E-state index contributed by atoms with van der Waals surface area (Å²) in [5.74, 6) is 1.17. The fourth-order valence-electron chi connectivity index (χ4n) is 3.77. The van der Waals surface area contributed by atoms with Gasteiger partial charge in [-0.15, -0.1) is 0 Å². The summed E-state index contributed by atoms with van der Waals surface area (Å²) in [6.45, 7) is 1.36. The number of halogens is 1. The van der Waals surface area contributed by atoms with Crippen molar-refractivity contribution in [3.63, 3.8) is 0 Å². The van der Waals surface area contributed by atoms with Gasteiger partial charge in [0, 0.05) is 35.3 Å². The molecule has 0 bridgehead atoms. The monoisotopic (exact) mass is 441 g/mol. The van der Waals surface area contributed by atoms with Crippen molar-refractivity contribution in [1.82, 2.24) is 10.2 Å². The average molecular weight is 442 g/mol. The number of benzene rings is 2. The first kappa shape index (κ1) is 21.2. The zero-order valence-electron chi connectivity index (χ0n) is 17.4. The molecule has 31 heavy (non-hydrogen) atoms. The molecule has 0 unspecified atom stereocenters. The number of rotatable bonds is 6. The lowest BCUT2D eigenvalue weighted by Crippen LogP contribution is -2.18. The van der Waals surface area contributed by atoms with Crippen molar-refractivity contribution in [2.24, 2.45) is 0 Å². The molecule has 4 rings (SSSR count). The van der Waals surface area contributed by atoms with E-state index in [0.717, 1.165) is 24.1 Å². The van der Waals surface area contributed by atoms with Gasteiger partial charge in [-0.3, -0.25) is 9.89 Å². The first-order chi connectivity index (χ1) is 15.1. The smallest absolute Gasteiger partial charge is 0.255 e. The normalized spacial score (nSPS) is 14.3. The Balaban J connectivity index is 1.75. The molecular formula is C23H24ClN3O4. The highest BCUT2D eigenvalue weighted by atomic mass is 35.5. The number of hydrogen-bond donors (Lipinski definition) is 2. The van der Waals surface area contributed by atoms with Crippen molar-refractivity contribution in [3.8, 4) is 22.8 Å². The average Bonchev–Trinajstić information content (AvgIpc) is 3.22. The van der Waals surface area contributed by atoms with Crippen LogP contribution in [0, 0.1) is 0 Å². The molecule has 3 aromatic rings. The Morgan fingerprint density at radius 3 is 2.61 bits per heavy atom. The molecule has 0 atom stereocenters. The molecule has 1 aromatic heterocycles. The van der Waals surface area contributed by atoms with Crippen molar-refractivity contribution >= 4 is 23.2 Å². The Hall–Kier alpha value is -3.03. The van der Waals surface area contributed by atoms with Gasteiger partial charge in [0.25, 0.3) is 5.91 Å². The number of nitrogens with zero attached hydrogens (tertiary/aromatic N) is 1. The summed E-state index contributed by atoms with van der Waals surface area (Å²) in [5.41, 5.74) is 3.46. The molecule has 1 saturated heterocycles. The maximum Gasteiger partial charge on any atom is 0.255 e. The van der Waals surface area contributed by atoms with Crippen LogP contribution in [-0.2, 0) is 4.74 Å². The highest BCUT2D eigenvalue weighted by Gasteiger charge is 2.26. The van der Waals surface area contributed by atoms with Crippen molar-refractivity contribution in [2.45, 2.75) is 18.8 Å². The van der Waals surface area contributed by atoms with Gasteiger partial charge in [-0.2, -0.15) is 5.10 Å². The number of anilines is 1. The minimum atomic E-state index is -0.251. The van der Waals surface area contributed by atoms with Crippen LogP contribution < -0.4 is 14.8 Å². The van der Waals surface area contributed by atoms with Crippen LogP contribution in [0.4, 0.5) is 5.69 Å². The number of carbonyl (C=O) groups excluding carboxylic acids is 1. The Labute approximate surface area is 185 Å². The quantitative estimate of drug-likeness (QED) is 0.568. The van der Waals surface area contributed by atoms with E-state index < -0.39 is 0 Å². The number of ether oxygens (including phenoxy) is 3. The van der Waals surface area contributed by atoms with Gasteiger partial charge < -0.3 is 19.5 Å². The summed E-state index contributed by atoms with van der Waals surface area (Å²) in [5, 5.41) is 11.3. The topological polar surface area (TPSA) is 85.5 Å². The first-order valence-electron chi connectivity index (χ1n) is 10.1. The number of hydrogen-bond acceptors (Lipinski definition) is 5. The summed E-state index contributed by atoms with van der Waals surface area (Å²) < 4.78 is 16.3. The third-order valence-corrected chi connectivity index (χ3v) is 5.64. The highest BCUT2D eigenvalue weighted by Crippen LogP contribution is 2.39. The molecule has 2 N–H and O–H groups in total. The summed E-state index contributed by atoms with van der Waals surface area (Å²) >= 11 is 6.07. The van der Waals surface area contributed by atoms with Gasteiger partial charge in [0.05, 0.1) is 25.6 Å². The van der Waals surface area contributed by atoms with E-state index in [1.54, 1.807) is 38.5 Å². The van der Waals surface area contributed by atoms with E-state index in [4.69, 9.17) is 25.8 Å². The van der Waals surface area contributed by atoms with Gasteiger partial charge in [0.2, 0.25) is 0 Å². The molecule has 0 spiro atoms. The Morgan fingerprint density at radius 1 is 1.13 bits per heavy atom. The molecule has 2 heterocycles. The van der Waals surface area contributed by atoms with E-state index in [9.17, 15) is 4.79 Å². The second-order valence-electron chi connectivity index (χ2n) is 7.28. The van der Waals surface area contributed by atoms with Gasteiger partial charge >= 0.3 is 0 Å². The van der Waals surface area contributed by atoms with Crippen molar-refractivity contribution < 1.29 is 19.0 Å². The zero-order chi connectivity index (χ0) is 21.8. The van der Waals surface area contributed by atoms with Crippen molar-refractivity contribution in [3.05, 3.63) is 58.7 Å². The van der Waals surface area contributed by atoms with E-state index in [2.05, 4.69) is 15.5 Å². The summed E-state index contributed by atoms with van der Waals surface area (Å²) in [4.78, 5) is 13.0. The predicted molar refractivity (Wildman–Crippen MR) is 119 cm³/mol. The van der Waals surface area contributed by atoms with Crippen LogP contribution in [0.25, 0.3) is 11.3 Å². The van der Waals surface area contributed by atoms with Gasteiger partial charge in [-0.1, -0.05) is 17.7 Å². The van der Waals surface area contributed by atoms with Gasteiger partial charge in [-0.05, 0) is 49.2 Å². The number of nitrogens with one attached hydrogen (secondary N) is 2. The lowest BCUT2D eigenvalue weighted by atomic mass is 9.94. The SMILES string of the molecule is COc1ccc(-c2n[nH]c(C3CCOCC3)c2NC(=O)c2cccc(Cl)c2)cc1OC. The summed E-state index contributed by atoms with van der Waals surface area (Å²) in [7, 11) is 3.17. The van der Waals surface area contributed by atoms with Gasteiger partial charge in [0.1, 0.15) is 5.69 Å². The fraction of sp³-hybridized carbons (Fsp3) is 0.304. The lowest BCUT2D eigenvalue weighted by Gasteiger charge is -2.22. The number of aromatic amines is 1. The molecule has 2 aromatic carbocycles. The van der Waals surface area contributed by atoms with E-state index in [1.165, 1.54) is 0 Å². The number of methoxy groups -OCH3 is 2. The Bertz CT molecular complexity index is 1080. The molecule has 0 radical (unpaired) electrons. The molecule has 1 amide bonds. The van der Waals surface area contributed by atoms with Crippen LogP contribution in [0.1, 0.15) is 34.8 Å². The molecule has 0 saturated carbocycles. The second kappa shape index (κ2) is 9.41. The summed E-state index contributed by atoms with van der Waals surface area (Å²) in [6.07, 6.45) is 1.71. The summed E-state index contributed by atoms with van der Waals surface area (Å²) in [6, 6.07) is 12.4. The first-order valence-corrected chi connectivity index (χ1v) is 10.4. The predicted octanol–water partition coefficient (Wildman–Crippen LogP) is 4.89. The van der Waals surface area contributed by atoms with E-state index in [0.29, 0.717) is 46.7 Å². The second-order valence-corrected chi connectivity index (χ2v) is 7.72. The maximum atomic E-state index is 13.0. The fourth-order valence-corrected chi connectivity index (χ4v) is 3.96. The number of H-pyrrole nitrogens is 1.